The highest BCUT2D eigenvalue weighted by Crippen LogP contribution is 2.61. The number of carboxylic acids is 1. The number of rotatable bonds is 6. The van der Waals surface area contributed by atoms with Crippen molar-refractivity contribution in [3.8, 4) is 0 Å². The topological polar surface area (TPSA) is 66.4 Å². The molecule has 146 valence electrons. The van der Waals surface area contributed by atoms with Crippen LogP contribution in [0.25, 0.3) is 0 Å². The van der Waals surface area contributed by atoms with E-state index in [1.165, 1.54) is 38.5 Å². The Morgan fingerprint density at radius 2 is 1.54 bits per heavy atom. The van der Waals surface area contributed by atoms with E-state index in [0.717, 1.165) is 49.9 Å². The van der Waals surface area contributed by atoms with Crippen LogP contribution in [0.4, 0.5) is 0 Å². The van der Waals surface area contributed by atoms with Crippen LogP contribution in [-0.4, -0.2) is 23.0 Å². The summed E-state index contributed by atoms with van der Waals surface area (Å²) in [5, 5.41) is 13.0. The van der Waals surface area contributed by atoms with E-state index >= 15 is 0 Å². The fourth-order valence-electron chi connectivity index (χ4n) is 7.44. The molecule has 0 radical (unpaired) electrons. The molecule has 4 nitrogen and oxygen atoms in total. The van der Waals surface area contributed by atoms with Crippen molar-refractivity contribution >= 4 is 11.9 Å². The van der Waals surface area contributed by atoms with Crippen molar-refractivity contribution in [2.24, 2.45) is 35.0 Å². The maximum absolute atomic E-state index is 13.1. The van der Waals surface area contributed by atoms with E-state index in [-0.39, 0.29) is 17.9 Å². The highest BCUT2D eigenvalue weighted by molar-refractivity contribution is 5.85. The minimum Gasteiger partial charge on any atom is -0.481 e. The Morgan fingerprint density at radius 1 is 1.00 bits per heavy atom. The Hall–Kier alpha value is -1.06. The Labute approximate surface area is 157 Å². The van der Waals surface area contributed by atoms with Gasteiger partial charge in [-0.25, -0.2) is 0 Å². The van der Waals surface area contributed by atoms with Gasteiger partial charge >= 0.3 is 5.97 Å². The summed E-state index contributed by atoms with van der Waals surface area (Å²) in [6.07, 6.45) is 13.5. The maximum atomic E-state index is 13.1. The standard InChI is InChI=1S/C22H35NO3/c1-2-5-19(22-11-14-8-15(12-22)10-16(9-14)13-22)23-20(24)17-6-3-4-7-18(17)21(25)26/h14-19H,2-13H2,1H3,(H,23,24)(H,25,26)/t14?,15?,16?,17-,18+,19+,22?/m1/s1. The normalized spacial score (nSPS) is 42.4. The van der Waals surface area contributed by atoms with Crippen LogP contribution in [0.1, 0.15) is 84.0 Å². The Kier molecular flexibility index (Phi) is 5.04. The van der Waals surface area contributed by atoms with Gasteiger partial charge in [0, 0.05) is 6.04 Å². The molecule has 0 heterocycles. The number of hydrogen-bond acceptors (Lipinski definition) is 2. The number of hydrogen-bond donors (Lipinski definition) is 2. The number of nitrogens with one attached hydrogen (secondary N) is 1. The van der Waals surface area contributed by atoms with Crippen molar-refractivity contribution in [2.75, 3.05) is 0 Å². The molecule has 1 amide bonds. The average Bonchev–Trinajstić information content (AvgIpc) is 2.60. The summed E-state index contributed by atoms with van der Waals surface area (Å²) in [5.41, 5.74) is 0.299. The molecule has 4 heteroatoms. The van der Waals surface area contributed by atoms with Crippen molar-refractivity contribution < 1.29 is 14.7 Å². The van der Waals surface area contributed by atoms with Gasteiger partial charge in [0.05, 0.1) is 11.8 Å². The van der Waals surface area contributed by atoms with Gasteiger partial charge in [-0.1, -0.05) is 26.2 Å². The van der Waals surface area contributed by atoms with Crippen LogP contribution in [-0.2, 0) is 9.59 Å². The summed E-state index contributed by atoms with van der Waals surface area (Å²) in [4.78, 5) is 24.7. The molecule has 4 bridgehead atoms. The minimum atomic E-state index is -0.785. The summed E-state index contributed by atoms with van der Waals surface area (Å²) in [6.45, 7) is 2.21. The third kappa shape index (κ3) is 3.29. The second kappa shape index (κ2) is 7.16. The van der Waals surface area contributed by atoms with Gasteiger partial charge < -0.3 is 10.4 Å². The molecule has 5 fully saturated rings. The molecule has 0 aromatic heterocycles. The lowest BCUT2D eigenvalue weighted by molar-refractivity contribution is -0.150. The first-order valence-electron chi connectivity index (χ1n) is 11.0. The molecule has 2 N–H and O–H groups in total. The van der Waals surface area contributed by atoms with Crippen LogP contribution in [0.3, 0.4) is 0 Å². The van der Waals surface area contributed by atoms with Gasteiger partial charge in [-0.2, -0.15) is 0 Å². The van der Waals surface area contributed by atoms with Gasteiger partial charge in [-0.05, 0) is 81.0 Å². The molecular formula is C22H35NO3. The predicted molar refractivity (Wildman–Crippen MR) is 101 cm³/mol. The van der Waals surface area contributed by atoms with Crippen LogP contribution in [0.15, 0.2) is 0 Å². The maximum Gasteiger partial charge on any atom is 0.307 e. The summed E-state index contributed by atoms with van der Waals surface area (Å²) in [6, 6.07) is 0.254. The van der Waals surface area contributed by atoms with Gasteiger partial charge in [0.15, 0.2) is 0 Å². The second-order valence-corrected chi connectivity index (χ2v) is 9.97. The summed E-state index contributed by atoms with van der Waals surface area (Å²) in [7, 11) is 0. The number of amides is 1. The van der Waals surface area contributed by atoms with E-state index in [1.807, 2.05) is 0 Å². The van der Waals surface area contributed by atoms with Crippen molar-refractivity contribution in [1.29, 1.82) is 0 Å². The largest absolute Gasteiger partial charge is 0.481 e. The van der Waals surface area contributed by atoms with E-state index in [1.54, 1.807) is 0 Å². The fourth-order valence-corrected chi connectivity index (χ4v) is 7.44. The molecule has 5 aliphatic rings. The molecule has 0 aliphatic heterocycles. The first kappa shape index (κ1) is 18.3. The highest BCUT2D eigenvalue weighted by atomic mass is 16.4. The molecular weight excluding hydrogens is 326 g/mol. The third-order valence-electron chi connectivity index (χ3n) is 8.14. The number of aliphatic carboxylic acids is 1. The lowest BCUT2D eigenvalue weighted by Crippen LogP contribution is -2.58. The van der Waals surface area contributed by atoms with E-state index in [0.29, 0.717) is 11.8 Å². The summed E-state index contributed by atoms with van der Waals surface area (Å²) in [5.74, 6) is 1.06. The van der Waals surface area contributed by atoms with E-state index < -0.39 is 11.9 Å². The van der Waals surface area contributed by atoms with Gasteiger partial charge in [-0.15, -0.1) is 0 Å². The van der Waals surface area contributed by atoms with Crippen molar-refractivity contribution in [2.45, 2.75) is 90.0 Å². The van der Waals surface area contributed by atoms with Crippen molar-refractivity contribution in [3.05, 3.63) is 0 Å². The molecule has 5 saturated carbocycles. The number of carboxylic acid groups (broad SMARTS) is 1. The first-order chi connectivity index (χ1) is 12.5. The fraction of sp³-hybridized carbons (Fsp3) is 0.909. The Bertz CT molecular complexity index is 522. The van der Waals surface area contributed by atoms with Crippen LogP contribution < -0.4 is 5.32 Å². The minimum absolute atomic E-state index is 0.0336. The Morgan fingerprint density at radius 3 is 2.04 bits per heavy atom. The van der Waals surface area contributed by atoms with Crippen LogP contribution in [0, 0.1) is 35.0 Å². The zero-order valence-corrected chi connectivity index (χ0v) is 16.2. The van der Waals surface area contributed by atoms with E-state index in [2.05, 4.69) is 12.2 Å². The quantitative estimate of drug-likeness (QED) is 0.738. The SMILES string of the molecule is CCC[C@H](NC(=O)[C@@H]1CCCC[C@@H]1C(=O)O)C12CC3CC(CC(C3)C1)C2. The second-order valence-electron chi connectivity index (χ2n) is 9.97. The monoisotopic (exact) mass is 361 g/mol. The molecule has 0 spiro atoms. The van der Waals surface area contributed by atoms with Gasteiger partial charge in [0.1, 0.15) is 0 Å². The average molecular weight is 362 g/mol. The number of carbonyl (C=O) groups is 2. The molecule has 3 atom stereocenters. The first-order valence-corrected chi connectivity index (χ1v) is 11.0. The molecule has 5 rings (SSSR count). The molecule has 0 unspecified atom stereocenters. The van der Waals surface area contributed by atoms with Crippen molar-refractivity contribution in [3.63, 3.8) is 0 Å². The van der Waals surface area contributed by atoms with Crippen LogP contribution in [0.5, 0.6) is 0 Å². The van der Waals surface area contributed by atoms with Crippen LogP contribution >= 0.6 is 0 Å². The smallest absolute Gasteiger partial charge is 0.307 e. The molecule has 5 aliphatic carbocycles. The molecule has 0 aromatic carbocycles. The van der Waals surface area contributed by atoms with E-state index in [4.69, 9.17) is 0 Å². The lowest BCUT2D eigenvalue weighted by atomic mass is 9.47. The zero-order valence-electron chi connectivity index (χ0n) is 16.2. The van der Waals surface area contributed by atoms with Gasteiger partial charge in [0.2, 0.25) is 5.91 Å². The predicted octanol–water partition coefficient (Wildman–Crippen LogP) is 4.38. The molecule has 0 aromatic rings. The van der Waals surface area contributed by atoms with Crippen LogP contribution in [0.2, 0.25) is 0 Å². The zero-order chi connectivity index (χ0) is 18.3. The van der Waals surface area contributed by atoms with Gasteiger partial charge in [-0.3, -0.25) is 9.59 Å². The molecule has 0 saturated heterocycles. The Balaban J connectivity index is 1.50. The highest BCUT2D eigenvalue weighted by Gasteiger charge is 2.54. The molecule has 26 heavy (non-hydrogen) atoms. The van der Waals surface area contributed by atoms with Gasteiger partial charge in [0.25, 0.3) is 0 Å². The number of carbonyl (C=O) groups excluding carboxylic acids is 1. The van der Waals surface area contributed by atoms with E-state index in [9.17, 15) is 14.7 Å². The summed E-state index contributed by atoms with van der Waals surface area (Å²) < 4.78 is 0. The summed E-state index contributed by atoms with van der Waals surface area (Å²) >= 11 is 0. The lowest BCUT2D eigenvalue weighted by Gasteiger charge is -2.59. The van der Waals surface area contributed by atoms with Crippen molar-refractivity contribution in [1.82, 2.24) is 5.32 Å². The third-order valence-corrected chi connectivity index (χ3v) is 8.14.